The van der Waals surface area contributed by atoms with E-state index in [1.807, 2.05) is 11.4 Å². The molecule has 0 unspecified atom stereocenters. The van der Waals surface area contributed by atoms with E-state index >= 15 is 0 Å². The lowest BCUT2D eigenvalue weighted by Gasteiger charge is -2.01. The fourth-order valence-corrected chi connectivity index (χ4v) is 4.36. The molecule has 0 aliphatic heterocycles. The molecule has 0 aliphatic rings. The molecule has 0 atom stereocenters. The van der Waals surface area contributed by atoms with E-state index in [-0.39, 0.29) is 5.56 Å². The number of H-pyrrole nitrogens is 1. The van der Waals surface area contributed by atoms with Crippen molar-refractivity contribution < 1.29 is 4.74 Å². The van der Waals surface area contributed by atoms with Crippen LogP contribution in [0, 0.1) is 0 Å². The van der Waals surface area contributed by atoms with Crippen LogP contribution in [0.3, 0.4) is 0 Å². The zero-order valence-corrected chi connectivity index (χ0v) is 13.6. The lowest BCUT2D eigenvalue weighted by atomic mass is 10.1. The van der Waals surface area contributed by atoms with E-state index in [0.29, 0.717) is 18.9 Å². The van der Waals surface area contributed by atoms with Crippen LogP contribution in [0.5, 0.6) is 0 Å². The number of aromatic nitrogens is 2. The van der Waals surface area contributed by atoms with E-state index in [9.17, 15) is 4.79 Å². The molecule has 0 aromatic carbocycles. The lowest BCUT2D eigenvalue weighted by Crippen LogP contribution is -2.12. The van der Waals surface area contributed by atoms with Crippen LogP contribution in [0.4, 0.5) is 0 Å². The largest absolute Gasteiger partial charge is 0.384 e. The number of aryl methyl sites for hydroxylation is 1. The number of ether oxygens (including phenoxy) is 1. The Balaban J connectivity index is 2.21. The van der Waals surface area contributed by atoms with Crippen LogP contribution in [0.15, 0.2) is 22.3 Å². The molecule has 4 nitrogen and oxygen atoms in total. The first kappa shape index (κ1) is 14.4. The quantitative estimate of drug-likeness (QED) is 0.783. The van der Waals surface area contributed by atoms with Gasteiger partial charge in [0, 0.05) is 28.8 Å². The maximum Gasteiger partial charge on any atom is 0.260 e. The monoisotopic (exact) mass is 320 g/mol. The summed E-state index contributed by atoms with van der Waals surface area (Å²) < 4.78 is 5.05. The van der Waals surface area contributed by atoms with E-state index < -0.39 is 0 Å². The van der Waals surface area contributed by atoms with Crippen molar-refractivity contribution in [3.05, 3.63) is 38.6 Å². The predicted molar refractivity (Wildman–Crippen MR) is 88.5 cm³/mol. The van der Waals surface area contributed by atoms with Crippen LogP contribution in [-0.2, 0) is 17.6 Å². The van der Waals surface area contributed by atoms with Crippen LogP contribution in [0.25, 0.3) is 20.7 Å². The van der Waals surface area contributed by atoms with Crippen LogP contribution < -0.4 is 5.56 Å². The van der Waals surface area contributed by atoms with Gasteiger partial charge in [-0.25, -0.2) is 4.98 Å². The highest BCUT2D eigenvalue weighted by Crippen LogP contribution is 2.38. The third kappa shape index (κ3) is 2.66. The van der Waals surface area contributed by atoms with Gasteiger partial charge in [0.05, 0.1) is 12.0 Å². The summed E-state index contributed by atoms with van der Waals surface area (Å²) in [5, 5.41) is 2.76. The maximum absolute atomic E-state index is 12.5. The van der Waals surface area contributed by atoms with Gasteiger partial charge >= 0.3 is 0 Å². The highest BCUT2D eigenvalue weighted by molar-refractivity contribution is 7.20. The molecule has 3 heterocycles. The molecule has 0 fully saturated rings. The molecule has 1 N–H and O–H groups in total. The summed E-state index contributed by atoms with van der Waals surface area (Å²) in [6.45, 7) is 2.67. The van der Waals surface area contributed by atoms with Crippen molar-refractivity contribution in [1.82, 2.24) is 9.97 Å². The minimum atomic E-state index is -0.0505. The van der Waals surface area contributed by atoms with Gasteiger partial charge in [-0.05, 0) is 17.9 Å². The van der Waals surface area contributed by atoms with Crippen molar-refractivity contribution in [2.24, 2.45) is 0 Å². The Morgan fingerprint density at radius 2 is 2.29 bits per heavy atom. The molecule has 0 spiro atoms. The topological polar surface area (TPSA) is 55.0 Å². The van der Waals surface area contributed by atoms with Crippen LogP contribution in [0.1, 0.15) is 17.6 Å². The summed E-state index contributed by atoms with van der Waals surface area (Å²) in [5.74, 6) is 0.691. The van der Waals surface area contributed by atoms with Gasteiger partial charge in [-0.1, -0.05) is 13.0 Å². The maximum atomic E-state index is 12.5. The Morgan fingerprint density at radius 1 is 1.43 bits per heavy atom. The number of hydrogen-bond acceptors (Lipinski definition) is 5. The number of thiophene rings is 2. The molecule has 0 bridgehead atoms. The van der Waals surface area contributed by atoms with Crippen molar-refractivity contribution in [1.29, 1.82) is 0 Å². The van der Waals surface area contributed by atoms with Gasteiger partial charge in [0.2, 0.25) is 0 Å². The normalized spacial score (nSPS) is 11.3. The summed E-state index contributed by atoms with van der Waals surface area (Å²) in [5.41, 5.74) is 1.00. The average molecular weight is 320 g/mol. The average Bonchev–Trinajstić information content (AvgIpc) is 3.11. The number of methoxy groups -OCH3 is 1. The van der Waals surface area contributed by atoms with Crippen molar-refractivity contribution in [2.45, 2.75) is 19.8 Å². The summed E-state index contributed by atoms with van der Waals surface area (Å²) in [6.07, 6.45) is 1.52. The first-order chi connectivity index (χ1) is 10.2. The van der Waals surface area contributed by atoms with Crippen molar-refractivity contribution >= 4 is 32.9 Å². The molecule has 110 valence electrons. The highest BCUT2D eigenvalue weighted by atomic mass is 32.1. The van der Waals surface area contributed by atoms with Crippen LogP contribution in [0.2, 0.25) is 0 Å². The standard InChI is InChI=1S/C15H16N2O2S2/c1-3-9-12(10-5-4-8-20-10)13-14(18)16-11(6-7-19-2)17-15(13)21-9/h4-5,8H,3,6-7H2,1-2H3,(H,16,17,18). The number of nitrogens with zero attached hydrogens (tertiary/aromatic N) is 1. The smallest absolute Gasteiger partial charge is 0.260 e. The molecule has 0 saturated heterocycles. The van der Waals surface area contributed by atoms with Crippen LogP contribution in [-0.4, -0.2) is 23.7 Å². The zero-order chi connectivity index (χ0) is 14.8. The van der Waals surface area contributed by atoms with E-state index in [4.69, 9.17) is 4.74 Å². The fourth-order valence-electron chi connectivity index (χ4n) is 2.35. The Kier molecular flexibility index (Phi) is 4.19. The first-order valence-corrected chi connectivity index (χ1v) is 8.51. The molecule has 3 aromatic heterocycles. The third-order valence-electron chi connectivity index (χ3n) is 3.32. The van der Waals surface area contributed by atoms with Gasteiger partial charge in [0.1, 0.15) is 10.7 Å². The number of hydrogen-bond donors (Lipinski definition) is 1. The van der Waals surface area contributed by atoms with Gasteiger partial charge in [-0.2, -0.15) is 0 Å². The van der Waals surface area contributed by atoms with E-state index in [0.717, 1.165) is 27.1 Å². The SMILES string of the molecule is CCc1sc2nc(CCOC)[nH]c(=O)c2c1-c1cccs1. The summed E-state index contributed by atoms with van der Waals surface area (Å²) >= 11 is 3.28. The van der Waals surface area contributed by atoms with E-state index in [2.05, 4.69) is 23.0 Å². The van der Waals surface area contributed by atoms with E-state index in [1.54, 1.807) is 29.8 Å². The molecule has 0 saturated carbocycles. The molecule has 21 heavy (non-hydrogen) atoms. The highest BCUT2D eigenvalue weighted by Gasteiger charge is 2.18. The number of fused-ring (bicyclic) bond motifs is 1. The van der Waals surface area contributed by atoms with Gasteiger partial charge in [0.25, 0.3) is 5.56 Å². The Labute approximate surface area is 130 Å². The molecule has 0 aliphatic carbocycles. The zero-order valence-electron chi connectivity index (χ0n) is 11.9. The number of nitrogens with one attached hydrogen (secondary N) is 1. The second-order valence-electron chi connectivity index (χ2n) is 4.67. The summed E-state index contributed by atoms with van der Waals surface area (Å²) in [6, 6.07) is 4.07. The number of aromatic amines is 1. The Bertz CT molecular complexity index is 803. The molecule has 3 rings (SSSR count). The minimum absolute atomic E-state index is 0.0505. The van der Waals surface area contributed by atoms with Crippen molar-refractivity contribution in [3.8, 4) is 10.4 Å². The van der Waals surface area contributed by atoms with Gasteiger partial charge in [0.15, 0.2) is 0 Å². The van der Waals surface area contributed by atoms with Gasteiger partial charge in [-0.3, -0.25) is 4.79 Å². The Hall–Kier alpha value is -1.50. The minimum Gasteiger partial charge on any atom is -0.384 e. The summed E-state index contributed by atoms with van der Waals surface area (Å²) in [4.78, 5) is 23.1. The predicted octanol–water partition coefficient (Wildman–Crippen LogP) is 3.46. The summed E-state index contributed by atoms with van der Waals surface area (Å²) in [7, 11) is 1.64. The fraction of sp³-hybridized carbons (Fsp3) is 0.333. The van der Waals surface area contributed by atoms with Gasteiger partial charge < -0.3 is 9.72 Å². The lowest BCUT2D eigenvalue weighted by molar-refractivity contribution is 0.200. The second-order valence-corrected chi connectivity index (χ2v) is 6.70. The molecular formula is C15H16N2O2S2. The van der Waals surface area contributed by atoms with Crippen molar-refractivity contribution in [2.75, 3.05) is 13.7 Å². The molecule has 0 amide bonds. The molecular weight excluding hydrogens is 304 g/mol. The number of rotatable bonds is 5. The van der Waals surface area contributed by atoms with E-state index in [1.165, 1.54) is 4.88 Å². The van der Waals surface area contributed by atoms with Gasteiger partial charge in [-0.15, -0.1) is 22.7 Å². The van der Waals surface area contributed by atoms with Crippen molar-refractivity contribution in [3.63, 3.8) is 0 Å². The first-order valence-electron chi connectivity index (χ1n) is 6.82. The third-order valence-corrected chi connectivity index (χ3v) is 5.43. The molecule has 0 radical (unpaired) electrons. The van der Waals surface area contributed by atoms with Crippen LogP contribution >= 0.6 is 22.7 Å². The second kappa shape index (κ2) is 6.09. The molecule has 3 aromatic rings. The Morgan fingerprint density at radius 3 is 2.95 bits per heavy atom. The molecule has 6 heteroatoms.